The Morgan fingerprint density at radius 2 is 1.91 bits per heavy atom. The molecule has 22 heavy (non-hydrogen) atoms. The summed E-state index contributed by atoms with van der Waals surface area (Å²) >= 11 is 0. The number of hydrogen-bond acceptors (Lipinski definition) is 6. The van der Waals surface area contributed by atoms with Gasteiger partial charge in [-0.1, -0.05) is 20.8 Å². The van der Waals surface area contributed by atoms with Gasteiger partial charge in [0.15, 0.2) is 20.5 Å². The average molecular weight is 354 g/mol. The van der Waals surface area contributed by atoms with Crippen LogP contribution < -0.4 is 0 Å². The summed E-state index contributed by atoms with van der Waals surface area (Å²) in [6, 6.07) is 0. The molecule has 1 rings (SSSR count). The van der Waals surface area contributed by atoms with E-state index in [1.54, 1.807) is 13.8 Å². The molecule has 0 radical (unpaired) electrons. The molecule has 0 aromatic rings. The quantitative estimate of drug-likeness (QED) is 0.583. The van der Waals surface area contributed by atoms with Gasteiger partial charge in [-0.3, -0.25) is 4.57 Å². The van der Waals surface area contributed by atoms with Crippen LogP contribution in [0.25, 0.3) is 0 Å². The summed E-state index contributed by atoms with van der Waals surface area (Å²) in [5.74, 6) is -0.843. The molecule has 1 saturated heterocycles. The second-order valence-corrected chi connectivity index (χ2v) is 14.9. The van der Waals surface area contributed by atoms with Crippen LogP contribution >= 0.6 is 7.37 Å². The monoisotopic (exact) mass is 354 g/mol. The molecule has 2 N–H and O–H groups in total. The van der Waals surface area contributed by atoms with E-state index >= 15 is 0 Å². The lowest BCUT2D eigenvalue weighted by Gasteiger charge is -2.46. The topological polar surface area (TPSA) is 85.2 Å². The second kappa shape index (κ2) is 7.01. The van der Waals surface area contributed by atoms with E-state index in [0.717, 1.165) is 0 Å². The predicted molar refractivity (Wildman–Crippen MR) is 88.7 cm³/mol. The lowest BCUT2D eigenvalue weighted by atomic mass is 10.2. The minimum Gasteiger partial charge on any atom is -0.403 e. The van der Waals surface area contributed by atoms with Crippen molar-refractivity contribution in [1.29, 1.82) is 0 Å². The first-order valence-electron chi connectivity index (χ1n) is 7.72. The molecular formula is C14H31O6PSi. The lowest BCUT2D eigenvalue weighted by Crippen LogP contribution is -2.52. The highest BCUT2D eigenvalue weighted by Gasteiger charge is 2.52. The van der Waals surface area contributed by atoms with E-state index in [-0.39, 0.29) is 23.9 Å². The molecule has 132 valence electrons. The van der Waals surface area contributed by atoms with Gasteiger partial charge in [0, 0.05) is 0 Å². The normalized spacial score (nSPS) is 34.2. The molecule has 1 aliphatic rings. The van der Waals surface area contributed by atoms with Gasteiger partial charge in [0.2, 0.25) is 7.37 Å². The molecule has 8 heteroatoms. The van der Waals surface area contributed by atoms with Crippen LogP contribution in [-0.2, 0) is 18.3 Å². The Labute approximate surface area is 134 Å². The van der Waals surface area contributed by atoms with E-state index in [1.165, 1.54) is 0 Å². The summed E-state index contributed by atoms with van der Waals surface area (Å²) in [6.45, 7) is 13.6. The van der Waals surface area contributed by atoms with Crippen molar-refractivity contribution in [3.05, 3.63) is 0 Å². The number of hydrogen-bond donors (Lipinski definition) is 2. The molecule has 0 aromatic heterocycles. The maximum atomic E-state index is 13.3. The van der Waals surface area contributed by atoms with Crippen LogP contribution in [0.15, 0.2) is 0 Å². The summed E-state index contributed by atoms with van der Waals surface area (Å²) in [6.07, 6.45) is -2.43. The summed E-state index contributed by atoms with van der Waals surface area (Å²) in [4.78, 5) is 0. The highest BCUT2D eigenvalue weighted by molar-refractivity contribution is 7.59. The van der Waals surface area contributed by atoms with Crippen LogP contribution in [0.5, 0.6) is 0 Å². The molecule has 0 saturated carbocycles. The Bertz CT molecular complexity index is 414. The van der Waals surface area contributed by atoms with Crippen LogP contribution in [0.1, 0.15) is 34.6 Å². The van der Waals surface area contributed by atoms with Gasteiger partial charge in [-0.05, 0) is 32.0 Å². The SMILES string of the molecule is CC(C)OP1(=O)C[C@H](O)O[C@H](CO)[C@@H]1O[Si](C)(C)C(C)(C)C. The highest BCUT2D eigenvalue weighted by Crippen LogP contribution is 2.59. The zero-order valence-corrected chi connectivity index (χ0v) is 16.6. The Morgan fingerprint density at radius 1 is 1.36 bits per heavy atom. The third-order valence-electron chi connectivity index (χ3n) is 4.24. The van der Waals surface area contributed by atoms with Crippen molar-refractivity contribution >= 4 is 15.7 Å². The Hall–Kier alpha value is 0.247. The predicted octanol–water partition coefficient (Wildman–Crippen LogP) is 2.75. The van der Waals surface area contributed by atoms with Crippen molar-refractivity contribution in [2.45, 2.75) is 77.1 Å². The smallest absolute Gasteiger partial charge is 0.237 e. The minimum atomic E-state index is -3.30. The van der Waals surface area contributed by atoms with Crippen LogP contribution in [0.2, 0.25) is 18.1 Å². The van der Waals surface area contributed by atoms with Crippen molar-refractivity contribution in [3.8, 4) is 0 Å². The van der Waals surface area contributed by atoms with Crippen molar-refractivity contribution in [1.82, 2.24) is 0 Å². The average Bonchev–Trinajstić information content (AvgIpc) is 2.29. The zero-order valence-electron chi connectivity index (χ0n) is 14.7. The third kappa shape index (κ3) is 4.63. The van der Waals surface area contributed by atoms with Crippen molar-refractivity contribution in [3.63, 3.8) is 0 Å². The fourth-order valence-electron chi connectivity index (χ4n) is 2.11. The van der Waals surface area contributed by atoms with Gasteiger partial charge < -0.3 is 23.9 Å². The molecule has 0 spiro atoms. The number of aliphatic hydroxyl groups is 2. The van der Waals surface area contributed by atoms with Gasteiger partial charge >= 0.3 is 0 Å². The van der Waals surface area contributed by atoms with Gasteiger partial charge in [0.05, 0.1) is 18.9 Å². The minimum absolute atomic E-state index is 0.0776. The van der Waals surface area contributed by atoms with Crippen molar-refractivity contribution in [2.24, 2.45) is 0 Å². The Morgan fingerprint density at radius 3 is 2.32 bits per heavy atom. The first kappa shape index (κ1) is 20.3. The largest absolute Gasteiger partial charge is 0.403 e. The summed E-state index contributed by atoms with van der Waals surface area (Å²) in [5, 5.41) is 19.3. The van der Waals surface area contributed by atoms with E-state index in [9.17, 15) is 14.8 Å². The summed E-state index contributed by atoms with van der Waals surface area (Å²) in [7, 11) is -5.53. The summed E-state index contributed by atoms with van der Waals surface area (Å²) < 4.78 is 30.5. The summed E-state index contributed by atoms with van der Waals surface area (Å²) in [5.41, 5.74) is 0. The molecule has 1 aliphatic heterocycles. The molecule has 0 amide bonds. The molecule has 0 aliphatic carbocycles. The van der Waals surface area contributed by atoms with Gasteiger partial charge in [0.25, 0.3) is 0 Å². The fourth-order valence-corrected chi connectivity index (χ4v) is 6.98. The lowest BCUT2D eigenvalue weighted by molar-refractivity contribution is -0.163. The van der Waals surface area contributed by atoms with E-state index in [1.807, 2.05) is 13.1 Å². The Balaban J connectivity index is 3.14. The fraction of sp³-hybridized carbons (Fsp3) is 1.00. The maximum Gasteiger partial charge on any atom is 0.237 e. The van der Waals surface area contributed by atoms with Gasteiger partial charge in [-0.2, -0.15) is 0 Å². The number of ether oxygens (including phenoxy) is 1. The number of aliphatic hydroxyl groups excluding tert-OH is 2. The van der Waals surface area contributed by atoms with Crippen LogP contribution in [0, 0.1) is 0 Å². The van der Waals surface area contributed by atoms with E-state index < -0.39 is 33.9 Å². The molecule has 6 nitrogen and oxygen atoms in total. The van der Waals surface area contributed by atoms with E-state index in [0.29, 0.717) is 0 Å². The van der Waals surface area contributed by atoms with Gasteiger partial charge in [-0.25, -0.2) is 0 Å². The van der Waals surface area contributed by atoms with E-state index in [4.69, 9.17) is 13.7 Å². The first-order valence-corrected chi connectivity index (χ1v) is 12.5. The molecule has 1 unspecified atom stereocenters. The zero-order chi connectivity index (χ0) is 17.3. The van der Waals surface area contributed by atoms with Crippen LogP contribution in [0.3, 0.4) is 0 Å². The molecule has 4 atom stereocenters. The van der Waals surface area contributed by atoms with Gasteiger partial charge in [0.1, 0.15) is 6.10 Å². The number of rotatable bonds is 5. The van der Waals surface area contributed by atoms with Crippen LogP contribution in [0.4, 0.5) is 0 Å². The third-order valence-corrected chi connectivity index (χ3v) is 11.7. The Kier molecular flexibility index (Phi) is 6.47. The molecule has 1 fully saturated rings. The highest BCUT2D eigenvalue weighted by atomic mass is 31.2. The van der Waals surface area contributed by atoms with Crippen molar-refractivity contribution < 1.29 is 28.5 Å². The standard InChI is InChI=1S/C14H31O6PSi/c1-10(2)19-21(17)9-12(16)18-11(8-15)13(21)20-22(6,7)14(3,4)5/h10-13,15-16H,8-9H2,1-7H3/t11-,12-,13-,21?/m1/s1. The molecular weight excluding hydrogens is 323 g/mol. The first-order chi connectivity index (χ1) is 9.82. The maximum absolute atomic E-state index is 13.3. The second-order valence-electron chi connectivity index (χ2n) is 7.64. The molecule has 0 bridgehead atoms. The van der Waals surface area contributed by atoms with Crippen LogP contribution in [-0.4, -0.2) is 55.6 Å². The van der Waals surface area contributed by atoms with Crippen molar-refractivity contribution in [2.75, 3.05) is 12.8 Å². The molecule has 0 aromatic carbocycles. The van der Waals surface area contributed by atoms with E-state index in [2.05, 4.69) is 20.8 Å². The van der Waals surface area contributed by atoms with Gasteiger partial charge in [-0.15, -0.1) is 0 Å². The molecule has 1 heterocycles.